The minimum Gasteiger partial charge on any atom is -0.493 e. The summed E-state index contributed by atoms with van der Waals surface area (Å²) in [6, 6.07) is 15.8. The molecule has 218 valence electrons. The Bertz CT molecular complexity index is 1330. The van der Waals surface area contributed by atoms with Crippen LogP contribution < -0.4 is 4.74 Å². The minimum atomic E-state index is -2.38. The van der Waals surface area contributed by atoms with Crippen molar-refractivity contribution in [2.75, 3.05) is 26.4 Å². The molecule has 1 spiro atoms. The average molecular weight is 566 g/mol. The maximum Gasteiger partial charge on any atom is 0.360 e. The molecule has 4 heterocycles. The Balaban J connectivity index is 1.44. The van der Waals surface area contributed by atoms with Crippen LogP contribution in [-0.4, -0.2) is 71.9 Å². The summed E-state index contributed by atoms with van der Waals surface area (Å²) in [4.78, 5) is 41.7. The molecule has 4 atom stereocenters. The van der Waals surface area contributed by atoms with E-state index < -0.39 is 53.8 Å². The number of piperidine rings is 1. The van der Waals surface area contributed by atoms with Gasteiger partial charge in [-0.3, -0.25) is 9.59 Å². The summed E-state index contributed by atoms with van der Waals surface area (Å²) < 4.78 is 29.9. The van der Waals surface area contributed by atoms with Gasteiger partial charge in [-0.1, -0.05) is 42.5 Å². The van der Waals surface area contributed by atoms with Gasteiger partial charge in [0.1, 0.15) is 5.75 Å². The first-order chi connectivity index (χ1) is 19.8. The summed E-state index contributed by atoms with van der Waals surface area (Å²) in [5.74, 6) is -4.04. The Morgan fingerprint density at radius 2 is 1.83 bits per heavy atom. The van der Waals surface area contributed by atoms with Gasteiger partial charge in [0.05, 0.1) is 26.1 Å². The number of likely N-dealkylation sites (tertiary alicyclic amines) is 1. The third-order valence-corrected chi connectivity index (χ3v) is 8.69. The molecular formula is C31H35NO9. The summed E-state index contributed by atoms with van der Waals surface area (Å²) in [6.07, 6.45) is -0.135. The number of ether oxygens (including phenoxy) is 5. The van der Waals surface area contributed by atoms with Crippen molar-refractivity contribution in [3.8, 4) is 5.75 Å². The van der Waals surface area contributed by atoms with Gasteiger partial charge < -0.3 is 28.8 Å². The Labute approximate surface area is 238 Å². The van der Waals surface area contributed by atoms with Crippen molar-refractivity contribution in [3.05, 3.63) is 65.2 Å². The van der Waals surface area contributed by atoms with Crippen molar-refractivity contribution in [2.24, 2.45) is 5.41 Å². The molecule has 2 aromatic carbocycles. The molecule has 0 amide bonds. The zero-order valence-corrected chi connectivity index (χ0v) is 23.1. The van der Waals surface area contributed by atoms with E-state index in [0.29, 0.717) is 39.0 Å². The lowest BCUT2D eigenvalue weighted by Crippen LogP contribution is -2.72. The molecule has 3 saturated heterocycles. The van der Waals surface area contributed by atoms with Gasteiger partial charge in [0, 0.05) is 31.5 Å². The molecule has 3 fully saturated rings. The molecule has 41 heavy (non-hydrogen) atoms. The standard InChI is InChI=1S/C31H35NO9/c1-2-37-20-29(12-10-21-6-4-3-5-7-21)13-14-32(19-22-8-9-23-11-15-38-24(23)16-22)31-27(29)39-25(33)17-30(36,28(35)41-31)18-26(34)40-31/h3-9,16,27,36H,2,10-15,17-20H2,1H3. The summed E-state index contributed by atoms with van der Waals surface area (Å²) in [5, 5.41) is 11.1. The van der Waals surface area contributed by atoms with Crippen molar-refractivity contribution in [1.29, 1.82) is 0 Å². The van der Waals surface area contributed by atoms with Crippen molar-refractivity contribution in [3.63, 3.8) is 0 Å². The van der Waals surface area contributed by atoms with Crippen LogP contribution in [0.4, 0.5) is 0 Å². The van der Waals surface area contributed by atoms with E-state index >= 15 is 0 Å². The lowest BCUT2D eigenvalue weighted by atomic mass is 9.70. The van der Waals surface area contributed by atoms with E-state index in [1.165, 1.54) is 0 Å². The lowest BCUT2D eigenvalue weighted by molar-refractivity contribution is -0.365. The first kappa shape index (κ1) is 27.7. The second-order valence-corrected chi connectivity index (χ2v) is 11.4. The van der Waals surface area contributed by atoms with Crippen molar-refractivity contribution in [1.82, 2.24) is 4.90 Å². The lowest BCUT2D eigenvalue weighted by Gasteiger charge is -2.55. The molecule has 0 radical (unpaired) electrons. The highest BCUT2D eigenvalue weighted by atomic mass is 16.8. The number of nitrogens with zero attached hydrogens (tertiary/aromatic N) is 1. The van der Waals surface area contributed by atoms with Gasteiger partial charge in [0.25, 0.3) is 0 Å². The molecule has 10 heteroatoms. The Morgan fingerprint density at radius 3 is 2.63 bits per heavy atom. The fourth-order valence-electron chi connectivity index (χ4n) is 6.48. The molecule has 4 aliphatic heterocycles. The maximum absolute atomic E-state index is 13.5. The quantitative estimate of drug-likeness (QED) is 0.478. The van der Waals surface area contributed by atoms with Crippen molar-refractivity contribution in [2.45, 2.75) is 69.6 Å². The highest BCUT2D eigenvalue weighted by Crippen LogP contribution is 2.51. The van der Waals surface area contributed by atoms with Gasteiger partial charge in [0.15, 0.2) is 5.60 Å². The summed E-state index contributed by atoms with van der Waals surface area (Å²) >= 11 is 0. The van der Waals surface area contributed by atoms with Gasteiger partial charge in [0.2, 0.25) is 6.10 Å². The average Bonchev–Trinajstić information content (AvgIpc) is 3.40. The fourth-order valence-corrected chi connectivity index (χ4v) is 6.48. The molecule has 2 bridgehead atoms. The summed E-state index contributed by atoms with van der Waals surface area (Å²) in [6.45, 7) is 3.65. The van der Waals surface area contributed by atoms with Gasteiger partial charge in [-0.05, 0) is 48.9 Å². The predicted octanol–water partition coefficient (Wildman–Crippen LogP) is 2.67. The van der Waals surface area contributed by atoms with E-state index in [2.05, 4.69) is 0 Å². The molecule has 0 aliphatic carbocycles. The number of hydrogen-bond acceptors (Lipinski definition) is 10. The first-order valence-electron chi connectivity index (χ1n) is 14.2. The second-order valence-electron chi connectivity index (χ2n) is 11.4. The van der Waals surface area contributed by atoms with E-state index in [4.69, 9.17) is 23.7 Å². The number of benzene rings is 2. The van der Waals surface area contributed by atoms with Gasteiger partial charge in [-0.25, -0.2) is 9.69 Å². The fraction of sp³-hybridized carbons (Fsp3) is 0.516. The van der Waals surface area contributed by atoms with Crippen LogP contribution in [0.2, 0.25) is 0 Å². The number of rotatable bonds is 8. The van der Waals surface area contributed by atoms with Crippen molar-refractivity contribution < 1.29 is 43.2 Å². The van der Waals surface area contributed by atoms with Crippen LogP contribution in [0.5, 0.6) is 5.75 Å². The number of fused-ring (bicyclic) bond motifs is 3. The monoisotopic (exact) mass is 565 g/mol. The van der Waals surface area contributed by atoms with Crippen LogP contribution in [0.1, 0.15) is 49.3 Å². The smallest absolute Gasteiger partial charge is 0.360 e. The molecule has 10 nitrogen and oxygen atoms in total. The topological polar surface area (TPSA) is 121 Å². The minimum absolute atomic E-state index is 0.190. The van der Waals surface area contributed by atoms with E-state index in [1.807, 2.05) is 55.5 Å². The third-order valence-electron chi connectivity index (χ3n) is 8.69. The van der Waals surface area contributed by atoms with Crippen LogP contribution in [-0.2, 0) is 52.7 Å². The van der Waals surface area contributed by atoms with E-state index in [0.717, 1.165) is 28.9 Å². The molecule has 2 aromatic rings. The molecule has 0 aromatic heterocycles. The largest absolute Gasteiger partial charge is 0.493 e. The number of carbonyl (C=O) groups excluding carboxylic acids is 3. The number of esters is 3. The first-order valence-corrected chi connectivity index (χ1v) is 14.2. The molecule has 6 rings (SSSR count). The maximum atomic E-state index is 13.5. The highest BCUT2D eigenvalue weighted by molar-refractivity contribution is 5.92. The third kappa shape index (κ3) is 5.09. The Kier molecular flexibility index (Phi) is 7.25. The van der Waals surface area contributed by atoms with Crippen LogP contribution in [0.15, 0.2) is 48.5 Å². The number of aryl methyl sites for hydroxylation is 1. The Hall–Kier alpha value is -3.47. The van der Waals surface area contributed by atoms with Gasteiger partial charge in [-0.2, -0.15) is 0 Å². The second kappa shape index (κ2) is 10.7. The molecule has 0 saturated carbocycles. The number of aliphatic hydroxyl groups is 1. The SMILES string of the molecule is CCOCC1(CCc2ccccc2)CCN(Cc2ccc3c(c2)OCC3)C23OC(=O)CC(O)(CC(=O)OC12)C(=O)O3. The van der Waals surface area contributed by atoms with Gasteiger partial charge in [-0.15, -0.1) is 0 Å². The van der Waals surface area contributed by atoms with Crippen LogP contribution >= 0.6 is 0 Å². The predicted molar refractivity (Wildman–Crippen MR) is 143 cm³/mol. The molecule has 4 aliphatic rings. The molecular weight excluding hydrogens is 530 g/mol. The van der Waals surface area contributed by atoms with E-state index in [9.17, 15) is 19.5 Å². The zero-order chi connectivity index (χ0) is 28.7. The highest BCUT2D eigenvalue weighted by Gasteiger charge is 2.69. The zero-order valence-electron chi connectivity index (χ0n) is 23.1. The van der Waals surface area contributed by atoms with Crippen LogP contribution in [0.25, 0.3) is 0 Å². The van der Waals surface area contributed by atoms with E-state index in [-0.39, 0.29) is 13.2 Å². The van der Waals surface area contributed by atoms with Crippen LogP contribution in [0.3, 0.4) is 0 Å². The number of hydrogen-bond donors (Lipinski definition) is 1. The van der Waals surface area contributed by atoms with Crippen LogP contribution in [0, 0.1) is 5.41 Å². The van der Waals surface area contributed by atoms with E-state index in [1.54, 1.807) is 4.90 Å². The number of carbonyl (C=O) groups is 3. The molecule has 4 unspecified atom stereocenters. The summed E-state index contributed by atoms with van der Waals surface area (Å²) in [5.41, 5.74) is -0.198. The molecule has 1 N–H and O–H groups in total. The summed E-state index contributed by atoms with van der Waals surface area (Å²) in [7, 11) is 0. The van der Waals surface area contributed by atoms with Crippen molar-refractivity contribution >= 4 is 17.9 Å². The Morgan fingerprint density at radius 1 is 1.02 bits per heavy atom. The normalized spacial score (nSPS) is 31.1. The van der Waals surface area contributed by atoms with Gasteiger partial charge >= 0.3 is 23.8 Å².